The molecule has 0 aliphatic carbocycles. The molecule has 2 N–H and O–H groups in total. The van der Waals surface area contributed by atoms with Crippen LogP contribution in [0.15, 0.2) is 23.6 Å². The second kappa shape index (κ2) is 6.75. The van der Waals surface area contributed by atoms with Crippen LogP contribution >= 0.6 is 11.8 Å². The Labute approximate surface area is 88.2 Å². The van der Waals surface area contributed by atoms with Crippen molar-refractivity contribution in [3.63, 3.8) is 0 Å². The predicted octanol–water partition coefficient (Wildman–Crippen LogP) is 0.539. The Morgan fingerprint density at radius 3 is 3.07 bits per heavy atom. The standard InChI is InChI=1S/C9H15N3OS/c1-10-8(6-13)3-5-14-9-2-4-11-7-12-9/h2,4,7-8,10,13H,3,5-6H2,1H3. The van der Waals surface area contributed by atoms with Crippen molar-refractivity contribution in [3.05, 3.63) is 18.6 Å². The lowest BCUT2D eigenvalue weighted by molar-refractivity contribution is 0.246. The van der Waals surface area contributed by atoms with Gasteiger partial charge in [-0.3, -0.25) is 0 Å². The number of hydrogen-bond acceptors (Lipinski definition) is 5. The van der Waals surface area contributed by atoms with E-state index < -0.39 is 0 Å². The van der Waals surface area contributed by atoms with Gasteiger partial charge in [0, 0.05) is 18.0 Å². The van der Waals surface area contributed by atoms with Crippen molar-refractivity contribution < 1.29 is 5.11 Å². The molecule has 78 valence electrons. The quantitative estimate of drug-likeness (QED) is 0.533. The fraction of sp³-hybridized carbons (Fsp3) is 0.556. The molecule has 0 radical (unpaired) electrons. The first-order chi connectivity index (χ1) is 6.86. The van der Waals surface area contributed by atoms with E-state index in [4.69, 9.17) is 5.11 Å². The van der Waals surface area contributed by atoms with Crippen LogP contribution in [0, 0.1) is 0 Å². The molecule has 1 rings (SSSR count). The summed E-state index contributed by atoms with van der Waals surface area (Å²) in [6.45, 7) is 0.181. The molecule has 14 heavy (non-hydrogen) atoms. The van der Waals surface area contributed by atoms with Crippen LogP contribution in [0.2, 0.25) is 0 Å². The van der Waals surface area contributed by atoms with Gasteiger partial charge in [0.05, 0.1) is 11.6 Å². The third-order valence-corrected chi connectivity index (χ3v) is 2.88. The Morgan fingerprint density at radius 1 is 1.64 bits per heavy atom. The van der Waals surface area contributed by atoms with Crippen molar-refractivity contribution in [2.45, 2.75) is 17.5 Å². The SMILES string of the molecule is CNC(CO)CCSc1ccncn1. The van der Waals surface area contributed by atoms with E-state index in [2.05, 4.69) is 15.3 Å². The summed E-state index contributed by atoms with van der Waals surface area (Å²) in [4.78, 5) is 7.94. The molecule has 0 saturated carbocycles. The number of nitrogens with zero attached hydrogens (tertiary/aromatic N) is 2. The van der Waals surface area contributed by atoms with E-state index in [9.17, 15) is 0 Å². The van der Waals surface area contributed by atoms with E-state index in [1.807, 2.05) is 13.1 Å². The van der Waals surface area contributed by atoms with Crippen molar-refractivity contribution in [2.24, 2.45) is 0 Å². The highest BCUT2D eigenvalue weighted by atomic mass is 32.2. The second-order valence-corrected chi connectivity index (χ2v) is 3.97. The Kier molecular flexibility index (Phi) is 5.51. The van der Waals surface area contributed by atoms with Gasteiger partial charge in [0.25, 0.3) is 0 Å². The Morgan fingerprint density at radius 2 is 2.50 bits per heavy atom. The molecule has 1 atom stereocenters. The van der Waals surface area contributed by atoms with Gasteiger partial charge in [-0.25, -0.2) is 9.97 Å². The zero-order valence-corrected chi connectivity index (χ0v) is 9.00. The minimum atomic E-state index is 0.181. The maximum absolute atomic E-state index is 8.93. The molecule has 0 aromatic carbocycles. The number of rotatable bonds is 6. The van der Waals surface area contributed by atoms with Gasteiger partial charge >= 0.3 is 0 Å². The number of aliphatic hydroxyl groups is 1. The topological polar surface area (TPSA) is 58.0 Å². The van der Waals surface area contributed by atoms with Crippen molar-refractivity contribution >= 4 is 11.8 Å². The summed E-state index contributed by atoms with van der Waals surface area (Å²) in [5, 5.41) is 12.9. The maximum Gasteiger partial charge on any atom is 0.116 e. The van der Waals surface area contributed by atoms with Crippen LogP contribution in [0.3, 0.4) is 0 Å². The van der Waals surface area contributed by atoms with E-state index in [-0.39, 0.29) is 12.6 Å². The van der Waals surface area contributed by atoms with Crippen molar-refractivity contribution in [1.82, 2.24) is 15.3 Å². The van der Waals surface area contributed by atoms with E-state index in [1.54, 1.807) is 24.3 Å². The maximum atomic E-state index is 8.93. The summed E-state index contributed by atoms with van der Waals surface area (Å²) in [6, 6.07) is 2.07. The third kappa shape index (κ3) is 4.04. The minimum Gasteiger partial charge on any atom is -0.395 e. The Balaban J connectivity index is 2.21. The Hall–Kier alpha value is -0.650. The van der Waals surface area contributed by atoms with Crippen LogP contribution in [0.4, 0.5) is 0 Å². The van der Waals surface area contributed by atoms with Crippen LogP contribution in [-0.2, 0) is 0 Å². The molecular weight excluding hydrogens is 198 g/mol. The minimum absolute atomic E-state index is 0.181. The molecule has 1 heterocycles. The summed E-state index contributed by atoms with van der Waals surface area (Å²) in [7, 11) is 1.86. The predicted molar refractivity (Wildman–Crippen MR) is 57.3 cm³/mol. The van der Waals surface area contributed by atoms with E-state index in [0.29, 0.717) is 0 Å². The number of hydrogen-bond donors (Lipinski definition) is 2. The van der Waals surface area contributed by atoms with Crippen molar-refractivity contribution in [3.8, 4) is 0 Å². The third-order valence-electron chi connectivity index (χ3n) is 1.90. The van der Waals surface area contributed by atoms with Gasteiger partial charge in [0.1, 0.15) is 6.33 Å². The first-order valence-corrected chi connectivity index (χ1v) is 5.52. The molecule has 0 aliphatic heterocycles. The van der Waals surface area contributed by atoms with Crippen LogP contribution < -0.4 is 5.32 Å². The number of aliphatic hydroxyl groups excluding tert-OH is 1. The van der Waals surface area contributed by atoms with E-state index in [1.165, 1.54) is 0 Å². The fourth-order valence-corrected chi connectivity index (χ4v) is 1.89. The molecule has 0 saturated heterocycles. The molecule has 1 aromatic rings. The lowest BCUT2D eigenvalue weighted by atomic mass is 10.2. The Bertz CT molecular complexity index is 241. The van der Waals surface area contributed by atoms with Gasteiger partial charge < -0.3 is 10.4 Å². The summed E-state index contributed by atoms with van der Waals surface area (Å²) in [5.41, 5.74) is 0. The average molecular weight is 213 g/mol. The van der Waals surface area contributed by atoms with Gasteiger partial charge in [0.2, 0.25) is 0 Å². The largest absolute Gasteiger partial charge is 0.395 e. The lowest BCUT2D eigenvalue weighted by Gasteiger charge is -2.11. The van der Waals surface area contributed by atoms with Crippen LogP contribution in [-0.4, -0.2) is 40.5 Å². The molecule has 0 amide bonds. The molecule has 0 spiro atoms. The zero-order chi connectivity index (χ0) is 10.2. The smallest absolute Gasteiger partial charge is 0.116 e. The number of likely N-dealkylation sites (N-methyl/N-ethyl adjacent to an activating group) is 1. The first-order valence-electron chi connectivity index (χ1n) is 4.53. The van der Waals surface area contributed by atoms with Crippen LogP contribution in [0.5, 0.6) is 0 Å². The average Bonchev–Trinajstić information content (AvgIpc) is 2.26. The molecule has 0 fully saturated rings. The highest BCUT2D eigenvalue weighted by Gasteiger charge is 2.03. The molecule has 4 nitrogen and oxygen atoms in total. The molecule has 1 unspecified atom stereocenters. The highest BCUT2D eigenvalue weighted by molar-refractivity contribution is 7.99. The van der Waals surface area contributed by atoms with E-state index >= 15 is 0 Å². The monoisotopic (exact) mass is 213 g/mol. The fourth-order valence-electron chi connectivity index (χ4n) is 0.997. The normalized spacial score (nSPS) is 12.7. The summed E-state index contributed by atoms with van der Waals surface area (Å²) in [5.74, 6) is 0.948. The highest BCUT2D eigenvalue weighted by Crippen LogP contribution is 2.14. The van der Waals surface area contributed by atoms with Crippen LogP contribution in [0.1, 0.15) is 6.42 Å². The van der Waals surface area contributed by atoms with Gasteiger partial charge in [-0.15, -0.1) is 11.8 Å². The zero-order valence-electron chi connectivity index (χ0n) is 8.18. The van der Waals surface area contributed by atoms with Gasteiger partial charge in [-0.05, 0) is 19.5 Å². The summed E-state index contributed by atoms with van der Waals surface area (Å²) >= 11 is 1.68. The van der Waals surface area contributed by atoms with Gasteiger partial charge in [0.15, 0.2) is 0 Å². The van der Waals surface area contributed by atoms with E-state index in [0.717, 1.165) is 17.2 Å². The molecule has 5 heteroatoms. The summed E-state index contributed by atoms with van der Waals surface area (Å²) < 4.78 is 0. The molecule has 1 aromatic heterocycles. The van der Waals surface area contributed by atoms with Crippen molar-refractivity contribution in [2.75, 3.05) is 19.4 Å². The summed E-state index contributed by atoms with van der Waals surface area (Å²) in [6.07, 6.45) is 4.21. The number of thioether (sulfide) groups is 1. The van der Waals surface area contributed by atoms with Gasteiger partial charge in [-0.2, -0.15) is 0 Å². The molecule has 0 bridgehead atoms. The van der Waals surface area contributed by atoms with Gasteiger partial charge in [-0.1, -0.05) is 0 Å². The number of aromatic nitrogens is 2. The molecular formula is C9H15N3OS. The number of nitrogens with one attached hydrogen (secondary N) is 1. The lowest BCUT2D eigenvalue weighted by Crippen LogP contribution is -2.29. The van der Waals surface area contributed by atoms with Crippen molar-refractivity contribution in [1.29, 1.82) is 0 Å². The molecule has 0 aliphatic rings. The second-order valence-electron chi connectivity index (χ2n) is 2.85. The first kappa shape index (κ1) is 11.4. The van der Waals surface area contributed by atoms with Crippen LogP contribution in [0.25, 0.3) is 0 Å².